The molecule has 3 aromatic carbocycles. The summed E-state index contributed by atoms with van der Waals surface area (Å²) in [7, 11) is 0. The molecule has 32 heavy (non-hydrogen) atoms. The summed E-state index contributed by atoms with van der Waals surface area (Å²) in [5, 5.41) is 0.772. The molecule has 162 valence electrons. The average molecular weight is 549 g/mol. The summed E-state index contributed by atoms with van der Waals surface area (Å²) in [6.07, 6.45) is 1.69. The third kappa shape index (κ3) is 5.38. The summed E-state index contributed by atoms with van der Waals surface area (Å²) in [5.41, 5.74) is 2.36. The Morgan fingerprint density at radius 2 is 1.81 bits per heavy atom. The van der Waals surface area contributed by atoms with Gasteiger partial charge < -0.3 is 4.74 Å². The lowest BCUT2D eigenvalue weighted by atomic mass is 10.1. The SMILES string of the molecule is O=C1S/C(=C/c2ccccc2OCc2ccc(Cl)cc2Cl)C(=O)N1Cc1cccc(Br)c1. The molecule has 4 nitrogen and oxygen atoms in total. The molecule has 1 saturated heterocycles. The standard InChI is InChI=1S/C24H16BrCl2NO3S/c25-18-6-3-4-15(10-18)13-28-23(29)22(32-24(28)30)11-16-5-1-2-7-21(16)31-14-17-8-9-19(26)12-20(17)27/h1-12H,13-14H2/b22-11+. The number of amides is 2. The van der Waals surface area contributed by atoms with Crippen LogP contribution in [0.15, 0.2) is 76.1 Å². The van der Waals surface area contributed by atoms with E-state index in [0.29, 0.717) is 26.3 Å². The highest BCUT2D eigenvalue weighted by molar-refractivity contribution is 9.10. The van der Waals surface area contributed by atoms with Crippen LogP contribution in [0.1, 0.15) is 16.7 Å². The summed E-state index contributed by atoms with van der Waals surface area (Å²) in [5.74, 6) is 0.257. The van der Waals surface area contributed by atoms with Crippen LogP contribution in [0.4, 0.5) is 4.79 Å². The van der Waals surface area contributed by atoms with Crippen molar-refractivity contribution in [3.05, 3.63) is 103 Å². The number of nitrogens with zero attached hydrogens (tertiary/aromatic N) is 1. The summed E-state index contributed by atoms with van der Waals surface area (Å²) in [6, 6.07) is 20.1. The molecule has 0 atom stereocenters. The van der Waals surface area contributed by atoms with Crippen molar-refractivity contribution >= 4 is 68.1 Å². The molecule has 0 spiro atoms. The average Bonchev–Trinajstić information content (AvgIpc) is 3.01. The van der Waals surface area contributed by atoms with E-state index in [9.17, 15) is 9.59 Å². The van der Waals surface area contributed by atoms with E-state index < -0.39 is 0 Å². The number of hydrogen-bond donors (Lipinski definition) is 0. The summed E-state index contributed by atoms with van der Waals surface area (Å²) < 4.78 is 6.85. The number of ether oxygens (including phenoxy) is 1. The van der Waals surface area contributed by atoms with Crippen molar-refractivity contribution in [2.75, 3.05) is 0 Å². The zero-order chi connectivity index (χ0) is 22.7. The lowest BCUT2D eigenvalue weighted by Crippen LogP contribution is -2.27. The highest BCUT2D eigenvalue weighted by atomic mass is 79.9. The first kappa shape index (κ1) is 22.9. The van der Waals surface area contributed by atoms with E-state index in [2.05, 4.69) is 15.9 Å². The Hall–Kier alpha value is -2.25. The van der Waals surface area contributed by atoms with Crippen LogP contribution in [0.5, 0.6) is 5.75 Å². The van der Waals surface area contributed by atoms with E-state index >= 15 is 0 Å². The van der Waals surface area contributed by atoms with Gasteiger partial charge in [0.15, 0.2) is 0 Å². The summed E-state index contributed by atoms with van der Waals surface area (Å²) >= 11 is 16.5. The van der Waals surface area contributed by atoms with Gasteiger partial charge in [0, 0.05) is 25.6 Å². The van der Waals surface area contributed by atoms with Crippen LogP contribution < -0.4 is 4.74 Å². The largest absolute Gasteiger partial charge is 0.488 e. The monoisotopic (exact) mass is 547 g/mol. The highest BCUT2D eigenvalue weighted by Crippen LogP contribution is 2.35. The normalized spacial score (nSPS) is 15.0. The number of hydrogen-bond acceptors (Lipinski definition) is 4. The van der Waals surface area contributed by atoms with Gasteiger partial charge >= 0.3 is 0 Å². The van der Waals surface area contributed by atoms with E-state index in [0.717, 1.165) is 27.4 Å². The van der Waals surface area contributed by atoms with Gasteiger partial charge in [-0.25, -0.2) is 0 Å². The highest BCUT2D eigenvalue weighted by Gasteiger charge is 2.35. The molecule has 3 aromatic rings. The Bertz CT molecular complexity index is 1230. The Balaban J connectivity index is 1.52. The number of carbonyl (C=O) groups is 2. The minimum Gasteiger partial charge on any atom is -0.488 e. The number of benzene rings is 3. The molecule has 0 bridgehead atoms. The van der Waals surface area contributed by atoms with Crippen molar-refractivity contribution in [2.45, 2.75) is 13.2 Å². The van der Waals surface area contributed by atoms with E-state index in [4.69, 9.17) is 27.9 Å². The maximum atomic E-state index is 12.9. The van der Waals surface area contributed by atoms with E-state index in [-0.39, 0.29) is 24.3 Å². The molecular formula is C24H16BrCl2NO3S. The fourth-order valence-corrected chi connectivity index (χ4v) is 4.86. The van der Waals surface area contributed by atoms with Gasteiger partial charge in [-0.05, 0) is 53.7 Å². The second-order valence-electron chi connectivity index (χ2n) is 6.96. The Morgan fingerprint density at radius 1 is 1.00 bits per heavy atom. The number of para-hydroxylation sites is 1. The maximum Gasteiger partial charge on any atom is 0.293 e. The topological polar surface area (TPSA) is 46.6 Å². The minimum atomic E-state index is -0.324. The lowest BCUT2D eigenvalue weighted by Gasteiger charge is -2.13. The summed E-state index contributed by atoms with van der Waals surface area (Å²) in [6.45, 7) is 0.458. The molecule has 1 aliphatic rings. The van der Waals surface area contributed by atoms with Gasteiger partial charge in [0.25, 0.3) is 11.1 Å². The van der Waals surface area contributed by atoms with Crippen molar-refractivity contribution in [1.82, 2.24) is 4.90 Å². The second-order valence-corrected chi connectivity index (χ2v) is 9.71. The molecule has 0 aliphatic carbocycles. The molecule has 0 radical (unpaired) electrons. The van der Waals surface area contributed by atoms with Gasteiger partial charge in [-0.15, -0.1) is 0 Å². The number of rotatable bonds is 6. The van der Waals surface area contributed by atoms with Gasteiger partial charge in [-0.2, -0.15) is 0 Å². The van der Waals surface area contributed by atoms with Crippen LogP contribution in [0.25, 0.3) is 6.08 Å². The molecular weight excluding hydrogens is 533 g/mol. The van der Waals surface area contributed by atoms with Crippen molar-refractivity contribution in [1.29, 1.82) is 0 Å². The molecule has 1 fully saturated rings. The van der Waals surface area contributed by atoms with Crippen LogP contribution >= 0.6 is 50.9 Å². The van der Waals surface area contributed by atoms with E-state index in [1.54, 1.807) is 30.3 Å². The molecule has 2 amide bonds. The molecule has 8 heteroatoms. The van der Waals surface area contributed by atoms with Gasteiger partial charge in [-0.3, -0.25) is 14.5 Å². The smallest absolute Gasteiger partial charge is 0.293 e. The molecule has 0 unspecified atom stereocenters. The van der Waals surface area contributed by atoms with Crippen molar-refractivity contribution in [3.8, 4) is 5.75 Å². The molecule has 1 aliphatic heterocycles. The first-order valence-electron chi connectivity index (χ1n) is 9.56. The van der Waals surface area contributed by atoms with Gasteiger partial charge in [0.1, 0.15) is 12.4 Å². The van der Waals surface area contributed by atoms with Crippen molar-refractivity contribution in [3.63, 3.8) is 0 Å². The first-order valence-corrected chi connectivity index (χ1v) is 11.9. The molecule has 1 heterocycles. The first-order chi connectivity index (χ1) is 15.4. The lowest BCUT2D eigenvalue weighted by molar-refractivity contribution is -0.123. The molecule has 0 saturated carbocycles. The van der Waals surface area contributed by atoms with Gasteiger partial charge in [0.05, 0.1) is 11.4 Å². The predicted molar refractivity (Wildman–Crippen MR) is 133 cm³/mol. The van der Waals surface area contributed by atoms with E-state index in [1.165, 1.54) is 4.90 Å². The molecule has 4 rings (SSSR count). The Labute approximate surface area is 208 Å². The van der Waals surface area contributed by atoms with E-state index in [1.807, 2.05) is 42.5 Å². The third-order valence-electron chi connectivity index (χ3n) is 4.71. The van der Waals surface area contributed by atoms with Gasteiger partial charge in [-0.1, -0.05) is 75.5 Å². The van der Waals surface area contributed by atoms with Gasteiger partial charge in [0.2, 0.25) is 0 Å². The maximum absolute atomic E-state index is 12.9. The van der Waals surface area contributed by atoms with Crippen LogP contribution in [-0.4, -0.2) is 16.0 Å². The van der Waals surface area contributed by atoms with Crippen LogP contribution in [0.2, 0.25) is 10.0 Å². The molecule has 0 N–H and O–H groups in total. The van der Waals surface area contributed by atoms with Crippen LogP contribution in [0.3, 0.4) is 0 Å². The fourth-order valence-electron chi connectivity index (χ4n) is 3.12. The molecule has 0 aromatic heterocycles. The zero-order valence-corrected chi connectivity index (χ0v) is 20.5. The van der Waals surface area contributed by atoms with Crippen LogP contribution in [-0.2, 0) is 17.9 Å². The Morgan fingerprint density at radius 3 is 2.59 bits per heavy atom. The van der Waals surface area contributed by atoms with Crippen molar-refractivity contribution < 1.29 is 14.3 Å². The fraction of sp³-hybridized carbons (Fsp3) is 0.0833. The number of halogens is 3. The number of carbonyl (C=O) groups excluding carboxylic acids is 2. The van der Waals surface area contributed by atoms with Crippen molar-refractivity contribution in [2.24, 2.45) is 0 Å². The number of thioether (sulfide) groups is 1. The second kappa shape index (κ2) is 10.1. The summed E-state index contributed by atoms with van der Waals surface area (Å²) in [4.78, 5) is 27.0. The number of imide groups is 1. The van der Waals surface area contributed by atoms with Crippen LogP contribution in [0, 0.1) is 0 Å². The quantitative estimate of drug-likeness (QED) is 0.298. The predicted octanol–water partition coefficient (Wildman–Crippen LogP) is 7.57. The zero-order valence-electron chi connectivity index (χ0n) is 16.6. The third-order valence-corrected chi connectivity index (χ3v) is 6.69. The Kier molecular flexibility index (Phi) is 7.26. The minimum absolute atomic E-state index is 0.217.